The maximum Gasteiger partial charge on any atom is 0.342 e. The first-order valence-corrected chi connectivity index (χ1v) is 6.20. The van der Waals surface area contributed by atoms with Crippen molar-refractivity contribution in [3.63, 3.8) is 0 Å². The Balaban J connectivity index is 0.00000361. The van der Waals surface area contributed by atoms with Crippen molar-refractivity contribution in [1.82, 2.24) is 0 Å². The second-order valence-electron chi connectivity index (χ2n) is 3.69. The van der Waals surface area contributed by atoms with Crippen molar-refractivity contribution in [1.29, 1.82) is 5.26 Å². The van der Waals surface area contributed by atoms with Crippen molar-refractivity contribution in [3.05, 3.63) is 27.7 Å². The second kappa shape index (κ2) is 8.04. The van der Waals surface area contributed by atoms with E-state index in [1.165, 1.54) is 12.1 Å². The molecular weight excluding hydrogens is 354 g/mol. The molecule has 0 heterocycles. The minimum atomic E-state index is -2.12. The quantitative estimate of drug-likeness (QED) is 0.796. The molecule has 1 rings (SSSR count). The van der Waals surface area contributed by atoms with Gasteiger partial charge in [0.15, 0.2) is 0 Å². The number of esters is 1. The minimum Gasteiger partial charge on any atom is -0.506 e. The third-order valence-corrected chi connectivity index (χ3v) is 3.01. The normalized spacial score (nSPS) is 12.8. The number of nitrogens with two attached hydrogens (primary N) is 1. The molecule has 0 aromatic heterocycles. The number of nitrogens with zero attached hydrogens (tertiary/aromatic N) is 1. The third kappa shape index (κ3) is 4.07. The highest BCUT2D eigenvalue weighted by atomic mass is 79.9. The summed E-state index contributed by atoms with van der Waals surface area (Å²) in [6.45, 7) is 1.57. The lowest BCUT2D eigenvalue weighted by Crippen LogP contribution is -2.31. The van der Waals surface area contributed by atoms with E-state index in [-0.39, 0.29) is 40.4 Å². The van der Waals surface area contributed by atoms with E-state index in [0.717, 1.165) is 0 Å². The number of benzene rings is 1. The summed E-state index contributed by atoms with van der Waals surface area (Å²) in [5.41, 5.74) is 5.75. The Morgan fingerprint density at radius 3 is 2.75 bits per heavy atom. The van der Waals surface area contributed by atoms with Crippen LogP contribution in [0.1, 0.15) is 24.1 Å². The average Bonchev–Trinajstić information content (AvgIpc) is 2.40. The van der Waals surface area contributed by atoms with Crippen LogP contribution in [-0.2, 0) is 9.53 Å². The number of nitriles is 1. The van der Waals surface area contributed by atoms with Crippen LogP contribution >= 0.6 is 28.3 Å². The lowest BCUT2D eigenvalue weighted by molar-refractivity contribution is -0.149. The van der Waals surface area contributed by atoms with Crippen molar-refractivity contribution in [3.8, 4) is 11.8 Å². The van der Waals surface area contributed by atoms with Gasteiger partial charge in [-0.25, -0.2) is 9.18 Å². The number of carbonyl (C=O) groups excluding carboxylic acids is 1. The first-order valence-electron chi connectivity index (χ1n) is 5.41. The van der Waals surface area contributed by atoms with Gasteiger partial charge in [-0.1, -0.05) is 0 Å². The Morgan fingerprint density at radius 2 is 2.25 bits per heavy atom. The van der Waals surface area contributed by atoms with E-state index < -0.39 is 18.2 Å². The molecule has 0 amide bonds. The fourth-order valence-electron chi connectivity index (χ4n) is 1.47. The van der Waals surface area contributed by atoms with E-state index in [4.69, 9.17) is 11.0 Å². The van der Waals surface area contributed by atoms with Crippen molar-refractivity contribution < 1.29 is 19.0 Å². The van der Waals surface area contributed by atoms with Gasteiger partial charge in [0.25, 0.3) is 0 Å². The number of ether oxygens (including phenoxy) is 1. The van der Waals surface area contributed by atoms with Gasteiger partial charge in [-0.3, -0.25) is 0 Å². The Kier molecular flexibility index (Phi) is 7.50. The predicted molar refractivity (Wildman–Crippen MR) is 76.2 cm³/mol. The van der Waals surface area contributed by atoms with Crippen LogP contribution in [0.4, 0.5) is 4.39 Å². The predicted octanol–water partition coefficient (Wildman–Crippen LogP) is 2.35. The first-order chi connectivity index (χ1) is 8.92. The Morgan fingerprint density at radius 1 is 1.65 bits per heavy atom. The molecule has 110 valence electrons. The summed E-state index contributed by atoms with van der Waals surface area (Å²) in [5.74, 6) is -1.41. The Labute approximate surface area is 130 Å². The van der Waals surface area contributed by atoms with Gasteiger partial charge >= 0.3 is 5.97 Å². The molecule has 20 heavy (non-hydrogen) atoms. The van der Waals surface area contributed by atoms with Crippen molar-refractivity contribution in [2.45, 2.75) is 19.1 Å². The van der Waals surface area contributed by atoms with E-state index in [2.05, 4.69) is 20.7 Å². The number of phenolic OH excluding ortho intramolecular Hbond substituents is 1. The van der Waals surface area contributed by atoms with Crippen LogP contribution in [0.5, 0.6) is 5.75 Å². The van der Waals surface area contributed by atoms with Crippen molar-refractivity contribution >= 4 is 34.3 Å². The van der Waals surface area contributed by atoms with Crippen LogP contribution in [0.3, 0.4) is 0 Å². The molecule has 0 saturated heterocycles. The first kappa shape index (κ1) is 18.6. The van der Waals surface area contributed by atoms with E-state index >= 15 is 0 Å². The van der Waals surface area contributed by atoms with Gasteiger partial charge in [0, 0.05) is 5.56 Å². The number of rotatable bonds is 4. The molecule has 0 aliphatic rings. The summed E-state index contributed by atoms with van der Waals surface area (Å²) in [4.78, 5) is 11.3. The SMILES string of the molecule is CCOC(=O)C(F)[C@@H](N)c1cc(C#N)cc(Br)c1O.Cl. The zero-order valence-corrected chi connectivity index (χ0v) is 12.9. The molecule has 1 aromatic rings. The van der Waals surface area contributed by atoms with Crippen LogP contribution in [0.15, 0.2) is 16.6 Å². The molecule has 0 radical (unpaired) electrons. The molecule has 0 aliphatic heterocycles. The lowest BCUT2D eigenvalue weighted by atomic mass is 10.00. The molecule has 0 aliphatic carbocycles. The zero-order valence-electron chi connectivity index (χ0n) is 10.5. The number of aromatic hydroxyl groups is 1. The number of alkyl halides is 1. The minimum absolute atomic E-state index is 0. The van der Waals surface area contributed by atoms with Gasteiger partial charge < -0.3 is 15.6 Å². The molecule has 8 heteroatoms. The number of carbonyl (C=O) groups is 1. The molecule has 3 N–H and O–H groups in total. The molecule has 1 aromatic carbocycles. The number of phenols is 1. The van der Waals surface area contributed by atoms with Gasteiger partial charge in [0.2, 0.25) is 6.17 Å². The van der Waals surface area contributed by atoms with Crippen LogP contribution in [0.2, 0.25) is 0 Å². The number of halogens is 3. The molecule has 2 atom stereocenters. The molecule has 0 saturated carbocycles. The maximum atomic E-state index is 13.8. The average molecular weight is 368 g/mol. The van der Waals surface area contributed by atoms with Gasteiger partial charge in [-0.15, -0.1) is 12.4 Å². The fraction of sp³-hybridized carbons (Fsp3) is 0.333. The standard InChI is InChI=1S/C12H12BrFN2O3.ClH/c1-2-19-12(18)9(14)10(16)7-3-6(5-15)4-8(13)11(7)17;/h3-4,9-10,17H,2,16H2,1H3;1H/t9?,10-;/m0./s1. The Bertz CT molecular complexity index is 536. The number of hydrogen-bond donors (Lipinski definition) is 2. The summed E-state index contributed by atoms with van der Waals surface area (Å²) in [6.07, 6.45) is -2.12. The van der Waals surface area contributed by atoms with E-state index in [0.29, 0.717) is 0 Å². The van der Waals surface area contributed by atoms with Crippen LogP contribution in [0, 0.1) is 11.3 Å². The van der Waals surface area contributed by atoms with E-state index in [1.807, 2.05) is 6.07 Å². The molecule has 0 fully saturated rings. The molecule has 1 unspecified atom stereocenters. The monoisotopic (exact) mass is 366 g/mol. The topological polar surface area (TPSA) is 96.3 Å². The smallest absolute Gasteiger partial charge is 0.342 e. The summed E-state index contributed by atoms with van der Waals surface area (Å²) < 4.78 is 18.5. The van der Waals surface area contributed by atoms with Crippen LogP contribution < -0.4 is 5.73 Å². The van der Waals surface area contributed by atoms with Crippen molar-refractivity contribution in [2.75, 3.05) is 6.61 Å². The largest absolute Gasteiger partial charge is 0.506 e. The fourth-order valence-corrected chi connectivity index (χ4v) is 1.94. The van der Waals surface area contributed by atoms with Gasteiger partial charge in [0.05, 0.1) is 28.8 Å². The third-order valence-electron chi connectivity index (χ3n) is 2.41. The molecule has 5 nitrogen and oxygen atoms in total. The molecular formula is C12H13BrClFN2O3. The van der Waals surface area contributed by atoms with Crippen molar-refractivity contribution in [2.24, 2.45) is 5.73 Å². The molecule has 0 spiro atoms. The number of hydrogen-bond acceptors (Lipinski definition) is 5. The lowest BCUT2D eigenvalue weighted by Gasteiger charge is -2.17. The van der Waals surface area contributed by atoms with E-state index in [1.54, 1.807) is 6.92 Å². The summed E-state index contributed by atoms with van der Waals surface area (Å²) in [5, 5.41) is 18.6. The summed E-state index contributed by atoms with van der Waals surface area (Å²) >= 11 is 3.03. The van der Waals surface area contributed by atoms with Crippen LogP contribution in [0.25, 0.3) is 0 Å². The maximum absolute atomic E-state index is 13.8. The highest BCUT2D eigenvalue weighted by Gasteiger charge is 2.30. The van der Waals surface area contributed by atoms with Crippen LogP contribution in [-0.4, -0.2) is 23.9 Å². The Hall–Kier alpha value is -1.36. The highest BCUT2D eigenvalue weighted by Crippen LogP contribution is 2.34. The highest BCUT2D eigenvalue weighted by molar-refractivity contribution is 9.10. The molecule has 0 bridgehead atoms. The summed E-state index contributed by atoms with van der Waals surface area (Å²) in [7, 11) is 0. The second-order valence-corrected chi connectivity index (χ2v) is 4.54. The van der Waals surface area contributed by atoms with Gasteiger partial charge in [0.1, 0.15) is 5.75 Å². The van der Waals surface area contributed by atoms with Gasteiger partial charge in [-0.05, 0) is 35.0 Å². The zero-order chi connectivity index (χ0) is 14.6. The van der Waals surface area contributed by atoms with Gasteiger partial charge in [-0.2, -0.15) is 5.26 Å². The summed E-state index contributed by atoms with van der Waals surface area (Å²) in [6, 6.07) is 3.03. The van der Waals surface area contributed by atoms with E-state index in [9.17, 15) is 14.3 Å².